The van der Waals surface area contributed by atoms with Crippen LogP contribution in [-0.4, -0.2) is 6.29 Å². The third-order valence-corrected chi connectivity index (χ3v) is 3.12. The van der Waals surface area contributed by atoms with E-state index in [9.17, 15) is 4.79 Å². The van der Waals surface area contributed by atoms with Crippen LogP contribution in [0.2, 0.25) is 0 Å². The van der Waals surface area contributed by atoms with E-state index in [0.29, 0.717) is 0 Å². The normalized spacial score (nSPS) is 11.6. The van der Waals surface area contributed by atoms with Gasteiger partial charge >= 0.3 is 0 Å². The smallest absolute Gasteiger partial charge is 0.156 e. The Morgan fingerprint density at radius 1 is 1.64 bits per heavy atom. The predicted octanol–water partition coefficient (Wildman–Crippen LogP) is 3.49. The molecule has 0 saturated heterocycles. The molecule has 11 heavy (non-hydrogen) atoms. The standard InChI is InChI=1S/C7H4BrIOS/c8-7-2-1-6(11-7)3-5(9)4-10/h1-4H/b5-3+. The number of rotatable bonds is 2. The molecule has 0 unspecified atom stereocenters. The van der Waals surface area contributed by atoms with Crippen LogP contribution in [0.1, 0.15) is 4.88 Å². The van der Waals surface area contributed by atoms with E-state index in [2.05, 4.69) is 15.9 Å². The van der Waals surface area contributed by atoms with Crippen LogP contribution < -0.4 is 0 Å². The fraction of sp³-hybridized carbons (Fsp3) is 0. The number of aldehydes is 1. The van der Waals surface area contributed by atoms with Crippen LogP contribution in [-0.2, 0) is 4.79 Å². The molecule has 0 spiro atoms. The van der Waals surface area contributed by atoms with Gasteiger partial charge in [0.05, 0.1) is 7.37 Å². The van der Waals surface area contributed by atoms with Gasteiger partial charge in [-0.15, -0.1) is 11.3 Å². The molecule has 1 aromatic heterocycles. The number of hydrogen-bond donors (Lipinski definition) is 0. The molecular formula is C7H4BrIOS. The Balaban J connectivity index is 2.86. The first-order valence-corrected chi connectivity index (χ1v) is 5.49. The van der Waals surface area contributed by atoms with Crippen molar-refractivity contribution in [2.75, 3.05) is 0 Å². The summed E-state index contributed by atoms with van der Waals surface area (Å²) < 4.78 is 1.80. The second-order valence-corrected chi connectivity index (χ2v) is 5.53. The maximum absolute atomic E-state index is 10.2. The van der Waals surface area contributed by atoms with E-state index in [4.69, 9.17) is 0 Å². The van der Waals surface area contributed by atoms with Crippen molar-refractivity contribution >= 4 is 62.2 Å². The topological polar surface area (TPSA) is 17.1 Å². The highest BCUT2D eigenvalue weighted by Gasteiger charge is 1.94. The summed E-state index contributed by atoms with van der Waals surface area (Å²) in [6.07, 6.45) is 2.69. The molecule has 1 aromatic rings. The summed E-state index contributed by atoms with van der Waals surface area (Å²) in [7, 11) is 0. The van der Waals surface area contributed by atoms with E-state index in [-0.39, 0.29) is 0 Å². The van der Waals surface area contributed by atoms with Crippen molar-refractivity contribution in [3.63, 3.8) is 0 Å². The predicted molar refractivity (Wildman–Crippen MR) is 60.1 cm³/mol. The molecule has 0 aliphatic heterocycles. The maximum Gasteiger partial charge on any atom is 0.156 e. The average molecular weight is 343 g/mol. The molecule has 0 radical (unpaired) electrons. The van der Waals surface area contributed by atoms with Crippen LogP contribution in [0, 0.1) is 0 Å². The van der Waals surface area contributed by atoms with Crippen LogP contribution in [0.3, 0.4) is 0 Å². The Bertz CT molecular complexity index is 292. The number of thiophene rings is 1. The zero-order chi connectivity index (χ0) is 8.27. The highest BCUT2D eigenvalue weighted by atomic mass is 127. The van der Waals surface area contributed by atoms with Crippen molar-refractivity contribution in [1.29, 1.82) is 0 Å². The lowest BCUT2D eigenvalue weighted by Crippen LogP contribution is -1.67. The molecular weight excluding hydrogens is 339 g/mol. The van der Waals surface area contributed by atoms with Gasteiger partial charge in [-0.05, 0) is 56.7 Å². The maximum atomic E-state index is 10.2. The van der Waals surface area contributed by atoms with Gasteiger partial charge in [0.2, 0.25) is 0 Å². The van der Waals surface area contributed by atoms with Gasteiger partial charge in [-0.1, -0.05) is 0 Å². The summed E-state index contributed by atoms with van der Waals surface area (Å²) in [6.45, 7) is 0. The molecule has 1 nitrogen and oxygen atoms in total. The van der Waals surface area contributed by atoms with E-state index in [1.165, 1.54) is 0 Å². The van der Waals surface area contributed by atoms with Gasteiger partial charge in [0.1, 0.15) is 0 Å². The van der Waals surface area contributed by atoms with Crippen molar-refractivity contribution in [3.05, 3.63) is 24.4 Å². The van der Waals surface area contributed by atoms with Gasteiger partial charge < -0.3 is 0 Å². The van der Waals surface area contributed by atoms with E-state index in [1.54, 1.807) is 11.3 Å². The molecule has 4 heteroatoms. The summed E-state index contributed by atoms with van der Waals surface area (Å²) in [4.78, 5) is 11.3. The molecule has 0 aliphatic rings. The van der Waals surface area contributed by atoms with Crippen molar-refractivity contribution in [1.82, 2.24) is 0 Å². The monoisotopic (exact) mass is 342 g/mol. The van der Waals surface area contributed by atoms with Gasteiger partial charge in [-0.3, -0.25) is 4.79 Å². The minimum absolute atomic E-state index is 0.719. The van der Waals surface area contributed by atoms with Crippen LogP contribution in [0.4, 0.5) is 0 Å². The first kappa shape index (κ1) is 9.41. The quantitative estimate of drug-likeness (QED) is 0.457. The molecule has 0 saturated carbocycles. The van der Waals surface area contributed by atoms with Crippen molar-refractivity contribution < 1.29 is 4.79 Å². The van der Waals surface area contributed by atoms with E-state index >= 15 is 0 Å². The highest BCUT2D eigenvalue weighted by Crippen LogP contribution is 2.24. The number of allylic oxidation sites excluding steroid dienone is 1. The van der Waals surface area contributed by atoms with Gasteiger partial charge in [0.25, 0.3) is 0 Å². The lowest BCUT2D eigenvalue weighted by atomic mass is 10.4. The number of hydrogen-bond acceptors (Lipinski definition) is 2. The highest BCUT2D eigenvalue weighted by molar-refractivity contribution is 14.1. The molecule has 0 amide bonds. The number of halogens is 2. The molecule has 58 valence electrons. The molecule has 1 heterocycles. The van der Waals surface area contributed by atoms with Gasteiger partial charge in [-0.2, -0.15) is 0 Å². The Hall–Kier alpha value is 0.320. The molecule has 0 bridgehead atoms. The van der Waals surface area contributed by atoms with Gasteiger partial charge in [0.15, 0.2) is 6.29 Å². The molecule has 1 rings (SSSR count). The van der Waals surface area contributed by atoms with Crippen LogP contribution >= 0.6 is 49.9 Å². The minimum atomic E-state index is 0.719. The second kappa shape index (κ2) is 4.37. The van der Waals surface area contributed by atoms with Crippen LogP contribution in [0.15, 0.2) is 19.5 Å². The van der Waals surface area contributed by atoms with E-state index in [0.717, 1.165) is 18.5 Å². The summed E-state index contributed by atoms with van der Waals surface area (Å²) in [5.41, 5.74) is 0. The van der Waals surface area contributed by atoms with E-state index in [1.807, 2.05) is 40.8 Å². The van der Waals surface area contributed by atoms with Crippen molar-refractivity contribution in [3.8, 4) is 0 Å². The van der Waals surface area contributed by atoms with Crippen LogP contribution in [0.25, 0.3) is 6.08 Å². The summed E-state index contributed by atoms with van der Waals surface area (Å²) >= 11 is 6.95. The Kier molecular flexibility index (Phi) is 3.74. The van der Waals surface area contributed by atoms with Crippen molar-refractivity contribution in [2.45, 2.75) is 0 Å². The molecule has 0 atom stereocenters. The molecule has 0 aliphatic carbocycles. The summed E-state index contributed by atoms with van der Waals surface area (Å²) in [5, 5.41) is 0. The zero-order valence-electron chi connectivity index (χ0n) is 5.38. The largest absolute Gasteiger partial charge is 0.297 e. The molecule has 0 aromatic carbocycles. The second-order valence-electron chi connectivity index (χ2n) is 1.79. The lowest BCUT2D eigenvalue weighted by molar-refractivity contribution is -0.104. The zero-order valence-corrected chi connectivity index (χ0v) is 9.94. The lowest BCUT2D eigenvalue weighted by Gasteiger charge is -1.82. The summed E-state index contributed by atoms with van der Waals surface area (Å²) in [6, 6.07) is 3.93. The number of carbonyl (C=O) groups is 1. The summed E-state index contributed by atoms with van der Waals surface area (Å²) in [5.74, 6) is 0. The average Bonchev–Trinajstić information content (AvgIpc) is 2.35. The molecule has 0 fully saturated rings. The van der Waals surface area contributed by atoms with E-state index < -0.39 is 0 Å². The Morgan fingerprint density at radius 2 is 2.36 bits per heavy atom. The first-order valence-electron chi connectivity index (χ1n) is 2.80. The number of carbonyl (C=O) groups excluding carboxylic acids is 1. The van der Waals surface area contributed by atoms with Crippen LogP contribution in [0.5, 0.6) is 0 Å². The third-order valence-electron chi connectivity index (χ3n) is 0.987. The third kappa shape index (κ3) is 3.04. The fourth-order valence-corrected chi connectivity index (χ4v) is 2.50. The van der Waals surface area contributed by atoms with Gasteiger partial charge in [0, 0.05) is 4.88 Å². The minimum Gasteiger partial charge on any atom is -0.297 e. The Labute approximate surface area is 90.8 Å². The fourth-order valence-electron chi connectivity index (χ4n) is 0.576. The van der Waals surface area contributed by atoms with Crippen molar-refractivity contribution in [2.24, 2.45) is 0 Å². The SMILES string of the molecule is O=C/C(I)=C\c1ccc(Br)s1. The Morgan fingerprint density at radius 3 is 2.82 bits per heavy atom. The first-order chi connectivity index (χ1) is 5.22. The molecule has 0 N–H and O–H groups in total. The van der Waals surface area contributed by atoms with Gasteiger partial charge in [-0.25, -0.2) is 0 Å².